The van der Waals surface area contributed by atoms with Crippen LogP contribution in [0.2, 0.25) is 0 Å². The number of carbonyl (C=O) groups excluding carboxylic acids is 1. The third-order valence-corrected chi connectivity index (χ3v) is 2.94. The van der Waals surface area contributed by atoms with Crippen LogP contribution in [-0.2, 0) is 11.4 Å². The molecule has 0 saturated heterocycles. The highest BCUT2D eigenvalue weighted by molar-refractivity contribution is 5.99. The molecule has 0 aliphatic carbocycles. The summed E-state index contributed by atoms with van der Waals surface area (Å²) in [6.45, 7) is 5.56. The third-order valence-electron chi connectivity index (χ3n) is 2.94. The smallest absolute Gasteiger partial charge is 0.247 e. The molecule has 108 valence electrons. The zero-order chi connectivity index (χ0) is 15.2. The summed E-state index contributed by atoms with van der Waals surface area (Å²) in [7, 11) is 0. The van der Waals surface area contributed by atoms with Crippen LogP contribution in [0.5, 0.6) is 5.75 Å². The molecule has 0 heterocycles. The van der Waals surface area contributed by atoms with Crippen molar-refractivity contribution in [2.45, 2.75) is 13.5 Å². The Kier molecular flexibility index (Phi) is 4.72. The highest BCUT2D eigenvalue weighted by Gasteiger charge is 2.04. The first-order valence-electron chi connectivity index (χ1n) is 6.50. The van der Waals surface area contributed by atoms with Gasteiger partial charge in [0, 0.05) is 5.69 Å². The van der Waals surface area contributed by atoms with E-state index in [2.05, 4.69) is 11.9 Å². The van der Waals surface area contributed by atoms with Gasteiger partial charge >= 0.3 is 0 Å². The van der Waals surface area contributed by atoms with Gasteiger partial charge in [-0.1, -0.05) is 18.7 Å². The minimum Gasteiger partial charge on any atom is -0.489 e. The fourth-order valence-electron chi connectivity index (χ4n) is 1.84. The summed E-state index contributed by atoms with van der Waals surface area (Å²) in [4.78, 5) is 11.3. The average Bonchev–Trinajstić information content (AvgIpc) is 2.47. The quantitative estimate of drug-likeness (QED) is 0.848. The summed E-state index contributed by atoms with van der Waals surface area (Å²) in [5, 5.41) is 2.71. The molecule has 0 radical (unpaired) electrons. The van der Waals surface area contributed by atoms with Gasteiger partial charge in [-0.2, -0.15) is 0 Å². The van der Waals surface area contributed by atoms with Crippen molar-refractivity contribution in [3.63, 3.8) is 0 Å². The molecule has 0 atom stereocenters. The van der Waals surface area contributed by atoms with E-state index in [0.717, 1.165) is 11.1 Å². The Hall–Kier alpha value is -2.62. The average molecular weight is 285 g/mol. The van der Waals surface area contributed by atoms with Crippen molar-refractivity contribution in [1.82, 2.24) is 0 Å². The lowest BCUT2D eigenvalue weighted by molar-refractivity contribution is -0.111. The maximum Gasteiger partial charge on any atom is 0.247 e. The first-order valence-corrected chi connectivity index (χ1v) is 6.50. The molecule has 1 amide bonds. The maximum absolute atomic E-state index is 13.1. The number of hydrogen-bond acceptors (Lipinski definition) is 2. The van der Waals surface area contributed by atoms with Gasteiger partial charge in [0.05, 0.1) is 0 Å². The van der Waals surface area contributed by atoms with Crippen molar-refractivity contribution < 1.29 is 13.9 Å². The minimum atomic E-state index is -0.283. The van der Waals surface area contributed by atoms with Crippen LogP contribution in [0.1, 0.15) is 11.1 Å². The lowest BCUT2D eigenvalue weighted by Gasteiger charge is -2.10. The zero-order valence-electron chi connectivity index (χ0n) is 11.7. The Bertz CT molecular complexity index is 668. The van der Waals surface area contributed by atoms with Crippen LogP contribution >= 0.6 is 0 Å². The van der Waals surface area contributed by atoms with Crippen molar-refractivity contribution in [2.24, 2.45) is 0 Å². The van der Waals surface area contributed by atoms with Gasteiger partial charge in [-0.3, -0.25) is 4.79 Å². The van der Waals surface area contributed by atoms with Crippen LogP contribution in [0.15, 0.2) is 55.1 Å². The van der Waals surface area contributed by atoms with Gasteiger partial charge in [0.25, 0.3) is 0 Å². The summed E-state index contributed by atoms with van der Waals surface area (Å²) < 4.78 is 18.7. The molecule has 0 saturated carbocycles. The Morgan fingerprint density at radius 3 is 2.81 bits per heavy atom. The molecule has 0 unspecified atom stereocenters. The molecule has 0 bridgehead atoms. The molecule has 0 aromatic heterocycles. The predicted molar refractivity (Wildman–Crippen MR) is 80.7 cm³/mol. The van der Waals surface area contributed by atoms with Crippen molar-refractivity contribution >= 4 is 11.6 Å². The first-order chi connectivity index (χ1) is 10.1. The summed E-state index contributed by atoms with van der Waals surface area (Å²) in [5.41, 5.74) is 2.34. The van der Waals surface area contributed by atoms with E-state index in [1.165, 1.54) is 18.2 Å². The maximum atomic E-state index is 13.1. The van der Waals surface area contributed by atoms with Crippen LogP contribution in [0.3, 0.4) is 0 Å². The molecule has 2 rings (SSSR count). The number of anilines is 1. The van der Waals surface area contributed by atoms with E-state index in [9.17, 15) is 9.18 Å². The summed E-state index contributed by atoms with van der Waals surface area (Å²) >= 11 is 0. The van der Waals surface area contributed by atoms with Gasteiger partial charge in [-0.15, -0.1) is 0 Å². The molecule has 2 aromatic rings. The number of benzene rings is 2. The number of ether oxygens (including phenoxy) is 1. The molecule has 21 heavy (non-hydrogen) atoms. The van der Waals surface area contributed by atoms with E-state index in [-0.39, 0.29) is 18.3 Å². The van der Waals surface area contributed by atoms with Gasteiger partial charge < -0.3 is 10.1 Å². The normalized spacial score (nSPS) is 10.0. The number of carbonyl (C=O) groups is 1. The van der Waals surface area contributed by atoms with Crippen LogP contribution in [0.25, 0.3) is 0 Å². The molecule has 1 N–H and O–H groups in total. The Balaban J connectivity index is 2.03. The number of amides is 1. The second kappa shape index (κ2) is 6.70. The fourth-order valence-corrected chi connectivity index (χ4v) is 1.84. The van der Waals surface area contributed by atoms with Gasteiger partial charge in [0.2, 0.25) is 5.91 Å². The van der Waals surface area contributed by atoms with Crippen LogP contribution in [0.4, 0.5) is 10.1 Å². The topological polar surface area (TPSA) is 38.3 Å². The van der Waals surface area contributed by atoms with Crippen molar-refractivity contribution in [3.05, 3.63) is 72.1 Å². The molecule has 3 nitrogen and oxygen atoms in total. The molecule has 4 heteroatoms. The molecular formula is C17H16FNO2. The standard InChI is InChI=1S/C17H16FNO2/c1-3-17(20)19-16-8-7-15(9-12(16)2)21-11-13-5-4-6-14(18)10-13/h3-10H,1,11H2,2H3,(H,19,20). The molecule has 0 spiro atoms. The van der Waals surface area contributed by atoms with E-state index in [1.54, 1.807) is 24.3 Å². The zero-order valence-corrected chi connectivity index (χ0v) is 11.7. The van der Waals surface area contributed by atoms with Gasteiger partial charge in [0.15, 0.2) is 0 Å². The monoisotopic (exact) mass is 285 g/mol. The number of rotatable bonds is 5. The number of halogens is 1. The Labute approximate surface area is 123 Å². The van der Waals surface area contributed by atoms with Gasteiger partial charge in [0.1, 0.15) is 18.2 Å². The summed E-state index contributed by atoms with van der Waals surface area (Å²) in [5.74, 6) is 0.120. The van der Waals surface area contributed by atoms with Gasteiger partial charge in [-0.25, -0.2) is 4.39 Å². The van der Waals surface area contributed by atoms with Crippen molar-refractivity contribution in [2.75, 3.05) is 5.32 Å². The van der Waals surface area contributed by atoms with E-state index in [0.29, 0.717) is 11.4 Å². The van der Waals surface area contributed by atoms with Crippen LogP contribution < -0.4 is 10.1 Å². The summed E-state index contributed by atoms with van der Waals surface area (Å²) in [6, 6.07) is 11.6. The number of hydrogen-bond donors (Lipinski definition) is 1. The minimum absolute atomic E-state index is 0.258. The van der Waals surface area contributed by atoms with Crippen LogP contribution in [-0.4, -0.2) is 5.91 Å². The molecule has 2 aromatic carbocycles. The summed E-state index contributed by atoms with van der Waals surface area (Å²) in [6.07, 6.45) is 1.22. The lowest BCUT2D eigenvalue weighted by atomic mass is 10.2. The van der Waals surface area contributed by atoms with Gasteiger partial charge in [-0.05, 0) is 54.5 Å². The van der Waals surface area contributed by atoms with Crippen LogP contribution in [0, 0.1) is 12.7 Å². The fraction of sp³-hybridized carbons (Fsp3) is 0.118. The Morgan fingerprint density at radius 2 is 2.14 bits per heavy atom. The largest absolute Gasteiger partial charge is 0.489 e. The SMILES string of the molecule is C=CC(=O)Nc1ccc(OCc2cccc(F)c2)cc1C. The van der Waals surface area contributed by atoms with E-state index < -0.39 is 0 Å². The predicted octanol–water partition coefficient (Wildman–Crippen LogP) is 3.84. The van der Waals surface area contributed by atoms with Crippen molar-refractivity contribution in [1.29, 1.82) is 0 Å². The van der Waals surface area contributed by atoms with E-state index >= 15 is 0 Å². The van der Waals surface area contributed by atoms with Crippen molar-refractivity contribution in [3.8, 4) is 5.75 Å². The molecular weight excluding hydrogens is 269 g/mol. The number of nitrogens with one attached hydrogen (secondary N) is 1. The molecule has 0 fully saturated rings. The highest BCUT2D eigenvalue weighted by Crippen LogP contribution is 2.22. The molecule has 0 aliphatic heterocycles. The Morgan fingerprint density at radius 1 is 1.33 bits per heavy atom. The highest BCUT2D eigenvalue weighted by atomic mass is 19.1. The first kappa shape index (κ1) is 14.8. The second-order valence-corrected chi connectivity index (χ2v) is 4.59. The second-order valence-electron chi connectivity index (χ2n) is 4.59. The molecule has 0 aliphatic rings. The third kappa shape index (κ3) is 4.18. The lowest BCUT2D eigenvalue weighted by Crippen LogP contribution is -2.08. The van der Waals surface area contributed by atoms with E-state index in [1.807, 2.05) is 13.0 Å². The number of aryl methyl sites for hydroxylation is 1. The van der Waals surface area contributed by atoms with E-state index in [4.69, 9.17) is 4.74 Å².